The Labute approximate surface area is 162 Å². The summed E-state index contributed by atoms with van der Waals surface area (Å²) < 4.78 is 15.6. The molecule has 2 aromatic rings. The highest BCUT2D eigenvalue weighted by atomic mass is 16.5. The average molecular weight is 383 g/mol. The fourth-order valence-corrected chi connectivity index (χ4v) is 2.12. The van der Waals surface area contributed by atoms with E-state index in [2.05, 4.69) is 22.4 Å². The van der Waals surface area contributed by atoms with Crippen molar-refractivity contribution in [2.24, 2.45) is 5.10 Å². The first-order valence-electron chi connectivity index (χ1n) is 8.27. The molecule has 0 fully saturated rings. The van der Waals surface area contributed by atoms with Crippen molar-refractivity contribution in [3.63, 3.8) is 0 Å². The minimum absolute atomic E-state index is 0.386. The Hall–Kier alpha value is -3.81. The van der Waals surface area contributed by atoms with E-state index in [1.807, 2.05) is 0 Å². The quantitative estimate of drug-likeness (QED) is 0.316. The number of hydrazone groups is 1. The molecule has 2 amide bonds. The monoisotopic (exact) mass is 383 g/mol. The molecule has 0 saturated heterocycles. The minimum Gasteiger partial charge on any atom is -0.493 e. The first-order valence-corrected chi connectivity index (χ1v) is 8.27. The summed E-state index contributed by atoms with van der Waals surface area (Å²) in [5.41, 5.74) is 3.28. The molecule has 146 valence electrons. The molecule has 0 aliphatic heterocycles. The highest BCUT2D eigenvalue weighted by molar-refractivity contribution is 6.39. The van der Waals surface area contributed by atoms with E-state index in [0.717, 1.165) is 5.56 Å². The molecule has 28 heavy (non-hydrogen) atoms. The highest BCUT2D eigenvalue weighted by Gasteiger charge is 2.14. The number of hydrogen-bond donors (Lipinski definition) is 2. The van der Waals surface area contributed by atoms with Gasteiger partial charge in [0.1, 0.15) is 12.4 Å². The van der Waals surface area contributed by atoms with Crippen LogP contribution in [0.1, 0.15) is 5.56 Å². The van der Waals surface area contributed by atoms with E-state index < -0.39 is 11.8 Å². The van der Waals surface area contributed by atoms with Crippen molar-refractivity contribution < 1.29 is 23.8 Å². The largest absolute Gasteiger partial charge is 0.493 e. The molecule has 0 saturated carbocycles. The highest BCUT2D eigenvalue weighted by Crippen LogP contribution is 2.29. The first kappa shape index (κ1) is 20.5. The number of carbonyl (C=O) groups is 2. The van der Waals surface area contributed by atoms with Gasteiger partial charge in [-0.1, -0.05) is 12.7 Å². The summed E-state index contributed by atoms with van der Waals surface area (Å²) >= 11 is 0. The summed E-state index contributed by atoms with van der Waals surface area (Å²) in [6, 6.07) is 11.8. The molecule has 0 spiro atoms. The number of benzene rings is 2. The summed E-state index contributed by atoms with van der Waals surface area (Å²) in [4.78, 5) is 23.8. The lowest BCUT2D eigenvalue weighted by molar-refractivity contribution is -0.136. The lowest BCUT2D eigenvalue weighted by atomic mass is 10.2. The molecule has 0 bridgehead atoms. The third-order valence-corrected chi connectivity index (χ3v) is 3.48. The molecule has 0 aliphatic carbocycles. The molecule has 0 atom stereocenters. The van der Waals surface area contributed by atoms with Gasteiger partial charge in [0, 0.05) is 11.8 Å². The Morgan fingerprint density at radius 1 is 1.04 bits per heavy atom. The van der Waals surface area contributed by atoms with Crippen molar-refractivity contribution >= 4 is 23.7 Å². The number of hydrogen-bond acceptors (Lipinski definition) is 6. The number of methoxy groups -OCH3 is 2. The molecule has 0 radical (unpaired) electrons. The molecule has 8 nitrogen and oxygen atoms in total. The zero-order chi connectivity index (χ0) is 20.4. The SMILES string of the molecule is C=CCOc1ccc(/C=N/NC(=O)C(=O)Nc2ccc(OC)c(OC)c2)cc1. The lowest BCUT2D eigenvalue weighted by Crippen LogP contribution is -2.32. The molecule has 0 unspecified atom stereocenters. The molecule has 2 N–H and O–H groups in total. The van der Waals surface area contributed by atoms with Gasteiger partial charge in [0.05, 0.1) is 20.4 Å². The van der Waals surface area contributed by atoms with E-state index in [9.17, 15) is 9.59 Å². The van der Waals surface area contributed by atoms with Gasteiger partial charge in [-0.05, 0) is 42.0 Å². The maximum atomic E-state index is 12.0. The van der Waals surface area contributed by atoms with Crippen LogP contribution in [0.4, 0.5) is 5.69 Å². The molecular formula is C20H21N3O5. The van der Waals surface area contributed by atoms with E-state index >= 15 is 0 Å². The van der Waals surface area contributed by atoms with E-state index in [1.165, 1.54) is 20.4 Å². The maximum Gasteiger partial charge on any atom is 0.329 e. The van der Waals surface area contributed by atoms with Gasteiger partial charge in [0.25, 0.3) is 0 Å². The summed E-state index contributed by atoms with van der Waals surface area (Å²) in [7, 11) is 2.98. The molecular weight excluding hydrogens is 362 g/mol. The predicted molar refractivity (Wildman–Crippen MR) is 106 cm³/mol. The van der Waals surface area contributed by atoms with Crippen LogP contribution < -0.4 is 25.0 Å². The van der Waals surface area contributed by atoms with Gasteiger partial charge in [-0.2, -0.15) is 5.10 Å². The Morgan fingerprint density at radius 3 is 2.39 bits per heavy atom. The first-order chi connectivity index (χ1) is 13.6. The van der Waals surface area contributed by atoms with Crippen LogP contribution in [0.3, 0.4) is 0 Å². The van der Waals surface area contributed by atoms with Gasteiger partial charge in [-0.25, -0.2) is 5.43 Å². The molecule has 2 aromatic carbocycles. The van der Waals surface area contributed by atoms with Gasteiger partial charge in [0.15, 0.2) is 11.5 Å². The number of carbonyl (C=O) groups excluding carboxylic acids is 2. The second kappa shape index (κ2) is 10.4. The van der Waals surface area contributed by atoms with Crippen LogP contribution in [0.15, 0.2) is 60.2 Å². The number of nitrogens with one attached hydrogen (secondary N) is 2. The van der Waals surface area contributed by atoms with Crippen molar-refractivity contribution in [2.75, 3.05) is 26.1 Å². The molecule has 0 heterocycles. The summed E-state index contributed by atoms with van der Waals surface area (Å²) in [5.74, 6) is -0.139. The van der Waals surface area contributed by atoms with Crippen molar-refractivity contribution in [1.29, 1.82) is 0 Å². The standard InChI is InChI=1S/C20H21N3O5/c1-4-11-28-16-8-5-14(6-9-16)13-21-23-20(25)19(24)22-15-7-10-17(26-2)18(12-15)27-3/h4-10,12-13H,1,11H2,2-3H3,(H,22,24)(H,23,25)/b21-13+. The van der Waals surface area contributed by atoms with Crippen LogP contribution in [0.25, 0.3) is 0 Å². The summed E-state index contributed by atoms with van der Waals surface area (Å²) in [6.45, 7) is 3.99. The fraction of sp³-hybridized carbons (Fsp3) is 0.150. The van der Waals surface area contributed by atoms with Crippen LogP contribution >= 0.6 is 0 Å². The molecule has 8 heteroatoms. The Kier molecular flexibility index (Phi) is 7.59. The number of rotatable bonds is 8. The van der Waals surface area contributed by atoms with Gasteiger partial charge in [-0.3, -0.25) is 9.59 Å². The number of anilines is 1. The Bertz CT molecular complexity index is 863. The normalized spacial score (nSPS) is 10.2. The van der Waals surface area contributed by atoms with Crippen molar-refractivity contribution in [1.82, 2.24) is 5.43 Å². The lowest BCUT2D eigenvalue weighted by Gasteiger charge is -2.10. The van der Waals surface area contributed by atoms with Gasteiger partial charge < -0.3 is 19.5 Å². The van der Waals surface area contributed by atoms with Crippen LogP contribution in [0.2, 0.25) is 0 Å². The smallest absolute Gasteiger partial charge is 0.329 e. The second-order valence-electron chi connectivity index (χ2n) is 5.39. The predicted octanol–water partition coefficient (Wildman–Crippen LogP) is 2.36. The van der Waals surface area contributed by atoms with Crippen LogP contribution in [-0.2, 0) is 9.59 Å². The summed E-state index contributed by atoms with van der Waals surface area (Å²) in [6.07, 6.45) is 3.07. The zero-order valence-electron chi connectivity index (χ0n) is 15.6. The Balaban J connectivity index is 1.89. The van der Waals surface area contributed by atoms with Gasteiger partial charge in [0.2, 0.25) is 0 Å². The molecule has 0 aliphatic rings. The van der Waals surface area contributed by atoms with E-state index in [0.29, 0.717) is 29.5 Å². The van der Waals surface area contributed by atoms with E-state index in [4.69, 9.17) is 14.2 Å². The maximum absolute atomic E-state index is 12.0. The molecule has 2 rings (SSSR count). The summed E-state index contributed by atoms with van der Waals surface area (Å²) in [5, 5.41) is 6.23. The van der Waals surface area contributed by atoms with Crippen LogP contribution in [-0.4, -0.2) is 38.9 Å². The number of ether oxygens (including phenoxy) is 3. The topological polar surface area (TPSA) is 98.2 Å². The number of nitrogens with zero attached hydrogens (tertiary/aromatic N) is 1. The van der Waals surface area contributed by atoms with Gasteiger partial charge >= 0.3 is 11.8 Å². The molecule has 0 aromatic heterocycles. The van der Waals surface area contributed by atoms with Crippen molar-refractivity contribution in [2.45, 2.75) is 0 Å². The average Bonchev–Trinajstić information content (AvgIpc) is 2.72. The zero-order valence-corrected chi connectivity index (χ0v) is 15.6. The van der Waals surface area contributed by atoms with E-state index in [-0.39, 0.29) is 0 Å². The number of amides is 2. The minimum atomic E-state index is -0.906. The van der Waals surface area contributed by atoms with E-state index in [1.54, 1.807) is 48.5 Å². The fourth-order valence-electron chi connectivity index (χ4n) is 2.12. The van der Waals surface area contributed by atoms with Crippen LogP contribution in [0.5, 0.6) is 17.2 Å². The third kappa shape index (κ3) is 5.87. The third-order valence-electron chi connectivity index (χ3n) is 3.48. The van der Waals surface area contributed by atoms with Crippen molar-refractivity contribution in [3.05, 3.63) is 60.7 Å². The van der Waals surface area contributed by atoms with Gasteiger partial charge in [-0.15, -0.1) is 0 Å². The van der Waals surface area contributed by atoms with Crippen LogP contribution in [0, 0.1) is 0 Å². The van der Waals surface area contributed by atoms with Crippen molar-refractivity contribution in [3.8, 4) is 17.2 Å². The Morgan fingerprint density at radius 2 is 1.75 bits per heavy atom. The second-order valence-corrected chi connectivity index (χ2v) is 5.39.